The Morgan fingerprint density at radius 3 is 2.81 bits per heavy atom. The van der Waals surface area contributed by atoms with Gasteiger partial charge in [0, 0.05) is 26.1 Å². The highest BCUT2D eigenvalue weighted by Gasteiger charge is 2.34. The summed E-state index contributed by atoms with van der Waals surface area (Å²) in [5, 5.41) is 7.27. The number of hydrogen-bond donors (Lipinski definition) is 3. The molecule has 0 spiro atoms. The van der Waals surface area contributed by atoms with Crippen molar-refractivity contribution >= 4 is 18.0 Å². The Balaban J connectivity index is 1.62. The Hall–Kier alpha value is -2.69. The van der Waals surface area contributed by atoms with Crippen LogP contribution in [0.2, 0.25) is 0 Å². The molecule has 0 unspecified atom stereocenters. The van der Waals surface area contributed by atoms with E-state index in [1.807, 2.05) is 30.3 Å². The van der Waals surface area contributed by atoms with Crippen molar-refractivity contribution in [1.29, 1.82) is 0 Å². The van der Waals surface area contributed by atoms with Crippen LogP contribution in [0.5, 0.6) is 0 Å². The van der Waals surface area contributed by atoms with Crippen molar-refractivity contribution in [1.82, 2.24) is 21.1 Å². The van der Waals surface area contributed by atoms with Crippen LogP contribution in [-0.4, -0.2) is 74.5 Å². The van der Waals surface area contributed by atoms with Crippen LogP contribution in [0, 0.1) is 0 Å². The van der Waals surface area contributed by atoms with Crippen molar-refractivity contribution in [3.8, 4) is 0 Å². The third-order valence-corrected chi connectivity index (χ3v) is 5.24. The molecule has 170 valence electrons. The second-order valence-electron chi connectivity index (χ2n) is 7.53. The Morgan fingerprint density at radius 2 is 2.10 bits per heavy atom. The Labute approximate surface area is 181 Å². The van der Waals surface area contributed by atoms with E-state index in [0.29, 0.717) is 32.5 Å². The number of esters is 1. The van der Waals surface area contributed by atoms with Crippen molar-refractivity contribution in [2.45, 2.75) is 44.1 Å². The number of hydrogen-bond acceptors (Lipinski definition) is 8. The average molecular weight is 434 g/mol. The van der Waals surface area contributed by atoms with Gasteiger partial charge in [0.25, 0.3) is 5.91 Å². The summed E-state index contributed by atoms with van der Waals surface area (Å²) >= 11 is 0. The number of carbonyl (C=O) groups excluding carboxylic acids is 3. The number of rotatable bonds is 7. The number of carbonyl (C=O) groups is 3. The molecule has 0 bridgehead atoms. The fourth-order valence-corrected chi connectivity index (χ4v) is 3.61. The van der Waals surface area contributed by atoms with Gasteiger partial charge in [0.1, 0.15) is 18.7 Å². The fourth-order valence-electron chi connectivity index (χ4n) is 3.61. The van der Waals surface area contributed by atoms with Crippen molar-refractivity contribution < 1.29 is 28.6 Å². The molecule has 1 aromatic carbocycles. The molecule has 3 rings (SSSR count). The standard InChI is InChI=1S/C21H30N4O6/c1-29-20(27)17-8-5-10-25(24-17)19(26)18(12-16-13-22-9-11-30-16)23-21(28)31-14-15-6-3-2-4-7-15/h2-4,6-7,16-18,22,24H,5,8-14H2,1H3,(H,23,28)/t16-,17-,18-/m0/s1. The summed E-state index contributed by atoms with van der Waals surface area (Å²) in [4.78, 5) is 37.5. The van der Waals surface area contributed by atoms with Crippen LogP contribution in [0.25, 0.3) is 0 Å². The zero-order valence-electron chi connectivity index (χ0n) is 17.7. The van der Waals surface area contributed by atoms with Gasteiger partial charge in [-0.2, -0.15) is 0 Å². The lowest BCUT2D eigenvalue weighted by atomic mass is 10.1. The first-order valence-electron chi connectivity index (χ1n) is 10.5. The Kier molecular flexibility index (Phi) is 8.63. The summed E-state index contributed by atoms with van der Waals surface area (Å²) in [6.07, 6.45) is 0.591. The number of methoxy groups -OCH3 is 1. The molecule has 2 aliphatic rings. The number of hydrazine groups is 1. The van der Waals surface area contributed by atoms with Gasteiger partial charge in [0.2, 0.25) is 0 Å². The van der Waals surface area contributed by atoms with Gasteiger partial charge < -0.3 is 24.8 Å². The molecule has 0 saturated carbocycles. The molecule has 0 radical (unpaired) electrons. The van der Waals surface area contributed by atoms with Crippen LogP contribution in [0.15, 0.2) is 30.3 Å². The van der Waals surface area contributed by atoms with Gasteiger partial charge in [-0.05, 0) is 18.4 Å². The third kappa shape index (κ3) is 6.91. The largest absolute Gasteiger partial charge is 0.468 e. The number of morpholine rings is 1. The summed E-state index contributed by atoms with van der Waals surface area (Å²) in [5.41, 5.74) is 3.76. The van der Waals surface area contributed by atoms with Gasteiger partial charge in [-0.1, -0.05) is 30.3 Å². The van der Waals surface area contributed by atoms with Crippen LogP contribution in [0.3, 0.4) is 0 Å². The smallest absolute Gasteiger partial charge is 0.408 e. The molecule has 0 aromatic heterocycles. The van der Waals surface area contributed by atoms with Crippen LogP contribution < -0.4 is 16.1 Å². The molecule has 1 aromatic rings. The van der Waals surface area contributed by atoms with Crippen molar-refractivity contribution in [2.75, 3.05) is 33.4 Å². The van der Waals surface area contributed by atoms with E-state index in [1.54, 1.807) is 0 Å². The predicted molar refractivity (Wildman–Crippen MR) is 111 cm³/mol. The molecule has 3 N–H and O–H groups in total. The molecule has 2 heterocycles. The number of benzene rings is 1. The van der Waals surface area contributed by atoms with E-state index < -0.39 is 24.1 Å². The second kappa shape index (κ2) is 11.6. The predicted octanol–water partition coefficient (Wildman–Crippen LogP) is 0.329. The number of alkyl carbamates (subject to hydrolysis) is 1. The molecule has 2 aliphatic heterocycles. The summed E-state index contributed by atoms with van der Waals surface area (Å²) in [7, 11) is 1.31. The van der Waals surface area contributed by atoms with Crippen LogP contribution in [0.1, 0.15) is 24.8 Å². The van der Waals surface area contributed by atoms with E-state index in [-0.39, 0.29) is 25.0 Å². The highest BCUT2D eigenvalue weighted by Crippen LogP contribution is 2.14. The van der Waals surface area contributed by atoms with Crippen LogP contribution in [-0.2, 0) is 30.4 Å². The summed E-state index contributed by atoms with van der Waals surface area (Å²) in [6.45, 7) is 2.39. The molecule has 2 amide bonds. The molecule has 2 saturated heterocycles. The van der Waals surface area contributed by atoms with Gasteiger partial charge in [0.15, 0.2) is 0 Å². The van der Waals surface area contributed by atoms with Crippen molar-refractivity contribution in [2.24, 2.45) is 0 Å². The van der Waals surface area contributed by atoms with Gasteiger partial charge in [-0.15, -0.1) is 0 Å². The maximum atomic E-state index is 13.2. The number of nitrogens with zero attached hydrogens (tertiary/aromatic N) is 1. The third-order valence-electron chi connectivity index (χ3n) is 5.24. The van der Waals surface area contributed by atoms with Crippen molar-refractivity contribution in [3.05, 3.63) is 35.9 Å². The van der Waals surface area contributed by atoms with E-state index in [9.17, 15) is 14.4 Å². The normalized spacial score (nSPS) is 22.3. The van der Waals surface area contributed by atoms with E-state index in [4.69, 9.17) is 14.2 Å². The Morgan fingerprint density at radius 1 is 1.29 bits per heavy atom. The lowest BCUT2D eigenvalue weighted by Gasteiger charge is -2.35. The maximum Gasteiger partial charge on any atom is 0.408 e. The van der Waals surface area contributed by atoms with Gasteiger partial charge in [0.05, 0.1) is 19.8 Å². The minimum absolute atomic E-state index is 0.0987. The van der Waals surface area contributed by atoms with Crippen molar-refractivity contribution in [3.63, 3.8) is 0 Å². The highest BCUT2D eigenvalue weighted by molar-refractivity contribution is 5.86. The summed E-state index contributed by atoms with van der Waals surface area (Å²) in [6, 6.07) is 7.83. The Bertz CT molecular complexity index is 741. The first-order chi connectivity index (χ1) is 15.1. The quantitative estimate of drug-likeness (QED) is 0.526. The number of nitrogens with one attached hydrogen (secondary N) is 3. The zero-order valence-corrected chi connectivity index (χ0v) is 17.7. The highest BCUT2D eigenvalue weighted by atomic mass is 16.5. The molecular weight excluding hydrogens is 404 g/mol. The first kappa shape index (κ1) is 23.0. The molecular formula is C21H30N4O6. The van der Waals surface area contributed by atoms with Gasteiger partial charge in [-0.25, -0.2) is 10.2 Å². The summed E-state index contributed by atoms with van der Waals surface area (Å²) < 4.78 is 15.8. The molecule has 10 heteroatoms. The van der Waals surface area contributed by atoms with Crippen LogP contribution >= 0.6 is 0 Å². The molecule has 0 aliphatic carbocycles. The van der Waals surface area contributed by atoms with Crippen LogP contribution in [0.4, 0.5) is 4.79 Å². The average Bonchev–Trinajstić information content (AvgIpc) is 2.82. The SMILES string of the molecule is COC(=O)[C@@H]1CCCN(C(=O)[C@H](C[C@H]2CNCCO2)NC(=O)OCc2ccccc2)N1. The van der Waals surface area contributed by atoms with E-state index in [0.717, 1.165) is 12.1 Å². The molecule has 31 heavy (non-hydrogen) atoms. The van der Waals surface area contributed by atoms with Gasteiger partial charge in [-0.3, -0.25) is 14.6 Å². The lowest BCUT2D eigenvalue weighted by Crippen LogP contribution is -2.60. The van der Waals surface area contributed by atoms with Gasteiger partial charge >= 0.3 is 12.1 Å². The lowest BCUT2D eigenvalue weighted by molar-refractivity contribution is -0.150. The van der Waals surface area contributed by atoms with E-state index in [1.165, 1.54) is 12.1 Å². The topological polar surface area (TPSA) is 118 Å². The van der Waals surface area contributed by atoms with E-state index >= 15 is 0 Å². The monoisotopic (exact) mass is 434 g/mol. The first-order valence-corrected chi connectivity index (χ1v) is 10.5. The molecule has 10 nitrogen and oxygen atoms in total. The fraction of sp³-hybridized carbons (Fsp3) is 0.571. The minimum atomic E-state index is -0.864. The maximum absolute atomic E-state index is 13.2. The second-order valence-corrected chi connectivity index (χ2v) is 7.53. The molecule has 2 fully saturated rings. The number of ether oxygens (including phenoxy) is 3. The summed E-state index contributed by atoms with van der Waals surface area (Å²) in [5.74, 6) is -0.775. The number of amides is 2. The molecule has 3 atom stereocenters. The minimum Gasteiger partial charge on any atom is -0.468 e. The van der Waals surface area contributed by atoms with E-state index in [2.05, 4.69) is 16.1 Å². The zero-order chi connectivity index (χ0) is 22.1.